The second-order valence-electron chi connectivity index (χ2n) is 4.51. The molecular formula is C13H11BrClNO4. The number of rotatable bonds is 2. The molecule has 1 fully saturated rings. The van der Waals surface area contributed by atoms with Crippen molar-refractivity contribution in [2.24, 2.45) is 0 Å². The molecule has 1 heterocycles. The zero-order valence-electron chi connectivity index (χ0n) is 10.7. The lowest BCUT2D eigenvalue weighted by atomic mass is 10.2. The Balaban J connectivity index is 2.17. The summed E-state index contributed by atoms with van der Waals surface area (Å²) in [7, 11) is 0. The minimum absolute atomic E-state index is 0.205. The summed E-state index contributed by atoms with van der Waals surface area (Å²) in [6.07, 6.45) is 1.24. The van der Waals surface area contributed by atoms with Crippen molar-refractivity contribution in [3.05, 3.63) is 39.5 Å². The molecule has 0 bridgehead atoms. The van der Waals surface area contributed by atoms with Gasteiger partial charge in [0.25, 0.3) is 5.79 Å². The van der Waals surface area contributed by atoms with Gasteiger partial charge in [0.2, 0.25) is 0 Å². The first-order valence-corrected chi connectivity index (χ1v) is 6.84. The summed E-state index contributed by atoms with van der Waals surface area (Å²) < 4.78 is 10.7. The van der Waals surface area contributed by atoms with Crippen molar-refractivity contribution in [3.63, 3.8) is 0 Å². The first kappa shape index (κ1) is 14.9. The Labute approximate surface area is 129 Å². The van der Waals surface area contributed by atoms with Crippen LogP contribution in [0, 0.1) is 0 Å². The summed E-state index contributed by atoms with van der Waals surface area (Å²) in [4.78, 5) is 23.4. The molecule has 0 atom stereocenters. The Hall–Kier alpha value is -1.53. The summed E-state index contributed by atoms with van der Waals surface area (Å²) in [5.74, 6) is -2.71. The predicted molar refractivity (Wildman–Crippen MR) is 77.1 cm³/mol. The second kappa shape index (κ2) is 5.46. The number of carbonyl (C=O) groups is 2. The van der Waals surface area contributed by atoms with Crippen LogP contribution in [0.25, 0.3) is 0 Å². The summed E-state index contributed by atoms with van der Waals surface area (Å²) in [6, 6.07) is 5.12. The van der Waals surface area contributed by atoms with E-state index in [0.29, 0.717) is 10.7 Å². The van der Waals surface area contributed by atoms with Crippen molar-refractivity contribution in [1.82, 2.24) is 0 Å². The normalized spacial score (nSPS) is 17.3. The van der Waals surface area contributed by atoms with E-state index in [4.69, 9.17) is 21.1 Å². The van der Waals surface area contributed by atoms with Crippen LogP contribution in [-0.2, 0) is 19.1 Å². The van der Waals surface area contributed by atoms with E-state index in [9.17, 15) is 9.59 Å². The summed E-state index contributed by atoms with van der Waals surface area (Å²) in [6.45, 7) is 2.98. The lowest BCUT2D eigenvalue weighted by molar-refractivity contribution is -0.222. The van der Waals surface area contributed by atoms with Gasteiger partial charge in [-0.25, -0.2) is 9.59 Å². The first-order chi connectivity index (χ1) is 9.28. The van der Waals surface area contributed by atoms with E-state index in [1.807, 2.05) is 0 Å². The molecule has 1 aliphatic rings. The number of hydrogen-bond donors (Lipinski definition) is 1. The fraction of sp³-hybridized carbons (Fsp3) is 0.231. The molecule has 0 radical (unpaired) electrons. The molecule has 1 aromatic rings. The van der Waals surface area contributed by atoms with Gasteiger partial charge in [-0.05, 0) is 34.1 Å². The Morgan fingerprint density at radius 2 is 1.85 bits per heavy atom. The van der Waals surface area contributed by atoms with E-state index in [1.54, 1.807) is 18.2 Å². The number of anilines is 1. The largest absolute Gasteiger partial charge is 0.419 e. The van der Waals surface area contributed by atoms with Crippen molar-refractivity contribution in [1.29, 1.82) is 0 Å². The third-order valence-corrected chi connectivity index (χ3v) is 3.65. The van der Waals surface area contributed by atoms with Crippen LogP contribution < -0.4 is 5.32 Å². The SMILES string of the molecule is CC1(C)OC(=O)C(=CNc2ccc(Br)c(Cl)c2)C(=O)O1. The molecule has 0 saturated carbocycles. The highest BCUT2D eigenvalue weighted by atomic mass is 79.9. The third-order valence-electron chi connectivity index (χ3n) is 2.42. The molecule has 106 valence electrons. The van der Waals surface area contributed by atoms with E-state index >= 15 is 0 Å². The molecule has 0 aliphatic carbocycles. The molecule has 0 amide bonds. The van der Waals surface area contributed by atoms with Crippen LogP contribution in [-0.4, -0.2) is 17.7 Å². The molecule has 2 rings (SSSR count). The molecule has 0 aromatic heterocycles. The zero-order valence-corrected chi connectivity index (χ0v) is 13.0. The topological polar surface area (TPSA) is 64.6 Å². The number of benzene rings is 1. The maximum atomic E-state index is 11.7. The van der Waals surface area contributed by atoms with E-state index in [2.05, 4.69) is 21.2 Å². The maximum Gasteiger partial charge on any atom is 0.350 e. The van der Waals surface area contributed by atoms with Gasteiger partial charge in [0.1, 0.15) is 0 Å². The van der Waals surface area contributed by atoms with Crippen LogP contribution in [0.4, 0.5) is 5.69 Å². The van der Waals surface area contributed by atoms with Crippen LogP contribution in [0.15, 0.2) is 34.4 Å². The molecular weight excluding hydrogens is 350 g/mol. The highest BCUT2D eigenvalue weighted by Gasteiger charge is 2.38. The third kappa shape index (κ3) is 3.32. The number of ether oxygens (including phenoxy) is 2. The number of esters is 2. The van der Waals surface area contributed by atoms with Crippen LogP contribution >= 0.6 is 27.5 Å². The summed E-state index contributed by atoms with van der Waals surface area (Å²) >= 11 is 9.20. The van der Waals surface area contributed by atoms with Crippen LogP contribution in [0.1, 0.15) is 13.8 Å². The standard InChI is InChI=1S/C13H11BrClNO4/c1-13(2)19-11(17)8(12(18)20-13)6-16-7-3-4-9(14)10(15)5-7/h3-6,16H,1-2H3. The fourth-order valence-corrected chi connectivity index (χ4v) is 1.95. The lowest BCUT2D eigenvalue weighted by Crippen LogP contribution is -2.42. The minimum Gasteiger partial charge on any atom is -0.419 e. The number of cyclic esters (lactones) is 2. The van der Waals surface area contributed by atoms with Crippen molar-refractivity contribution in [2.45, 2.75) is 19.6 Å². The molecule has 5 nitrogen and oxygen atoms in total. The molecule has 0 unspecified atom stereocenters. The quantitative estimate of drug-likeness (QED) is 0.498. The van der Waals surface area contributed by atoms with Gasteiger partial charge in [0.05, 0.1) is 5.02 Å². The molecule has 7 heteroatoms. The lowest BCUT2D eigenvalue weighted by Gasteiger charge is -2.29. The Morgan fingerprint density at radius 3 is 2.40 bits per heavy atom. The van der Waals surface area contributed by atoms with E-state index in [-0.39, 0.29) is 5.57 Å². The molecule has 1 N–H and O–H groups in total. The van der Waals surface area contributed by atoms with E-state index in [1.165, 1.54) is 20.0 Å². The average Bonchev–Trinajstić information content (AvgIpc) is 2.31. The fourth-order valence-electron chi connectivity index (χ4n) is 1.52. The van der Waals surface area contributed by atoms with Crippen LogP contribution in [0.3, 0.4) is 0 Å². The van der Waals surface area contributed by atoms with Crippen molar-refractivity contribution in [2.75, 3.05) is 5.32 Å². The molecule has 1 saturated heterocycles. The van der Waals surface area contributed by atoms with Crippen molar-refractivity contribution >= 4 is 45.2 Å². The molecule has 20 heavy (non-hydrogen) atoms. The maximum absolute atomic E-state index is 11.7. The monoisotopic (exact) mass is 359 g/mol. The van der Waals surface area contributed by atoms with Gasteiger partial charge in [-0.15, -0.1) is 0 Å². The molecule has 1 aromatic carbocycles. The Kier molecular flexibility index (Phi) is 4.06. The number of hydrogen-bond acceptors (Lipinski definition) is 5. The summed E-state index contributed by atoms with van der Waals surface area (Å²) in [5, 5.41) is 3.30. The number of nitrogens with one attached hydrogen (secondary N) is 1. The highest BCUT2D eigenvalue weighted by molar-refractivity contribution is 9.10. The van der Waals surface area contributed by atoms with Crippen molar-refractivity contribution < 1.29 is 19.1 Å². The van der Waals surface area contributed by atoms with Gasteiger partial charge in [-0.3, -0.25) is 0 Å². The molecule has 1 aliphatic heterocycles. The number of carbonyl (C=O) groups excluding carboxylic acids is 2. The van der Waals surface area contributed by atoms with E-state index in [0.717, 1.165) is 4.47 Å². The second-order valence-corrected chi connectivity index (χ2v) is 5.77. The summed E-state index contributed by atoms with van der Waals surface area (Å²) in [5.41, 5.74) is 0.416. The van der Waals surface area contributed by atoms with Crippen molar-refractivity contribution in [3.8, 4) is 0 Å². The van der Waals surface area contributed by atoms with Crippen LogP contribution in [0.5, 0.6) is 0 Å². The zero-order chi connectivity index (χ0) is 14.9. The Morgan fingerprint density at radius 1 is 1.25 bits per heavy atom. The first-order valence-electron chi connectivity index (χ1n) is 5.67. The van der Waals surface area contributed by atoms with Gasteiger partial charge >= 0.3 is 11.9 Å². The highest BCUT2D eigenvalue weighted by Crippen LogP contribution is 2.26. The minimum atomic E-state index is -1.24. The predicted octanol–water partition coefficient (Wildman–Crippen LogP) is 3.23. The number of halogens is 2. The van der Waals surface area contributed by atoms with Gasteiger partial charge in [-0.2, -0.15) is 0 Å². The van der Waals surface area contributed by atoms with Crippen LogP contribution in [0.2, 0.25) is 5.02 Å². The van der Waals surface area contributed by atoms with Gasteiger partial charge in [-0.1, -0.05) is 11.6 Å². The van der Waals surface area contributed by atoms with E-state index < -0.39 is 17.7 Å². The van der Waals surface area contributed by atoms with Gasteiger partial charge in [0.15, 0.2) is 5.57 Å². The average molecular weight is 361 g/mol. The smallest absolute Gasteiger partial charge is 0.350 e. The van der Waals surface area contributed by atoms with Gasteiger partial charge in [0, 0.05) is 30.2 Å². The van der Waals surface area contributed by atoms with Gasteiger partial charge < -0.3 is 14.8 Å². The Bertz CT molecular complexity index is 590. The molecule has 0 spiro atoms.